The van der Waals surface area contributed by atoms with Crippen molar-refractivity contribution in [3.05, 3.63) is 24.3 Å². The maximum Gasteiger partial charge on any atom is 0.249 e. The fraction of sp³-hybridized carbons (Fsp3) is 0.720. The standard InChI is InChI=1S/C25H37N3O5/c1-6-12-26-13-8-10-24(5)18(21(26)30)19-22(31)28(17(7-2)15-29)20-23(32)27(16(3)4)14-9-11-25(19,20)33-24/h8-11,16-20,29H,6-7,12-15H2,1-5H3/t17-,18+,19-,20?,24-,25-/m0/s1. The minimum atomic E-state index is -1.25. The second-order valence-electron chi connectivity index (χ2n) is 10.2. The van der Waals surface area contributed by atoms with Crippen LogP contribution in [0.2, 0.25) is 0 Å². The average Bonchev–Trinajstić information content (AvgIpc) is 3.03. The van der Waals surface area contributed by atoms with Gasteiger partial charge in [-0.2, -0.15) is 0 Å². The Hall–Kier alpha value is -2.19. The molecule has 0 aromatic heterocycles. The van der Waals surface area contributed by atoms with Crippen LogP contribution >= 0.6 is 0 Å². The van der Waals surface area contributed by atoms with Crippen LogP contribution in [0.5, 0.6) is 0 Å². The normalized spacial score (nSPS) is 36.8. The number of nitrogens with zero attached hydrogens (tertiary/aromatic N) is 3. The van der Waals surface area contributed by atoms with Crippen molar-refractivity contribution in [1.82, 2.24) is 14.7 Å². The molecule has 0 saturated carbocycles. The van der Waals surface area contributed by atoms with Gasteiger partial charge in [-0.1, -0.05) is 38.2 Å². The number of ether oxygens (including phenoxy) is 1. The zero-order valence-electron chi connectivity index (χ0n) is 20.4. The van der Waals surface area contributed by atoms with Crippen molar-refractivity contribution >= 4 is 17.7 Å². The first-order chi connectivity index (χ1) is 15.7. The summed E-state index contributed by atoms with van der Waals surface area (Å²) in [5.41, 5.74) is -2.25. The minimum Gasteiger partial charge on any atom is -0.394 e. The molecule has 0 aromatic rings. The van der Waals surface area contributed by atoms with E-state index in [1.807, 2.05) is 58.9 Å². The third kappa shape index (κ3) is 3.36. The molecule has 1 unspecified atom stereocenters. The molecule has 1 N–H and O–H groups in total. The molecular formula is C25H37N3O5. The number of amides is 3. The van der Waals surface area contributed by atoms with Crippen LogP contribution in [0.3, 0.4) is 0 Å². The summed E-state index contributed by atoms with van der Waals surface area (Å²) in [6.07, 6.45) is 8.90. The van der Waals surface area contributed by atoms with Gasteiger partial charge in [-0.15, -0.1) is 0 Å². The van der Waals surface area contributed by atoms with E-state index in [2.05, 4.69) is 0 Å². The predicted octanol–water partition coefficient (Wildman–Crippen LogP) is 1.34. The number of hydrogen-bond acceptors (Lipinski definition) is 5. The zero-order chi connectivity index (χ0) is 24.1. The van der Waals surface area contributed by atoms with E-state index < -0.39 is 35.1 Å². The van der Waals surface area contributed by atoms with E-state index in [1.54, 1.807) is 9.80 Å². The van der Waals surface area contributed by atoms with Gasteiger partial charge < -0.3 is 24.5 Å². The number of hydrogen-bond donors (Lipinski definition) is 1. The second kappa shape index (κ2) is 8.55. The topological polar surface area (TPSA) is 90.4 Å². The Morgan fingerprint density at radius 3 is 2.36 bits per heavy atom. The van der Waals surface area contributed by atoms with Crippen LogP contribution in [-0.2, 0) is 19.1 Å². The summed E-state index contributed by atoms with van der Waals surface area (Å²) in [6, 6.07) is -1.50. The number of likely N-dealkylation sites (tertiary alicyclic amines) is 1. The molecule has 0 bridgehead atoms. The minimum absolute atomic E-state index is 0.0634. The molecule has 182 valence electrons. The molecule has 0 radical (unpaired) electrons. The molecule has 6 atom stereocenters. The lowest BCUT2D eigenvalue weighted by Gasteiger charge is -2.40. The number of carbonyl (C=O) groups is 3. The van der Waals surface area contributed by atoms with E-state index in [4.69, 9.17) is 4.74 Å². The summed E-state index contributed by atoms with van der Waals surface area (Å²) in [7, 11) is 0. The fourth-order valence-corrected chi connectivity index (χ4v) is 6.27. The summed E-state index contributed by atoms with van der Waals surface area (Å²) in [4.78, 5) is 46.9. The molecular weight excluding hydrogens is 422 g/mol. The second-order valence-corrected chi connectivity index (χ2v) is 10.2. The van der Waals surface area contributed by atoms with Crippen molar-refractivity contribution in [2.24, 2.45) is 11.8 Å². The molecule has 4 heterocycles. The molecule has 2 fully saturated rings. The lowest BCUT2D eigenvalue weighted by atomic mass is 9.74. The molecule has 0 aromatic carbocycles. The highest BCUT2D eigenvalue weighted by atomic mass is 16.5. The third-order valence-electron chi connectivity index (χ3n) is 7.80. The molecule has 3 amide bonds. The Balaban J connectivity index is 1.90. The van der Waals surface area contributed by atoms with Crippen LogP contribution < -0.4 is 0 Å². The molecule has 4 aliphatic rings. The molecule has 0 aliphatic carbocycles. The van der Waals surface area contributed by atoms with Crippen LogP contribution in [0, 0.1) is 11.8 Å². The summed E-state index contributed by atoms with van der Waals surface area (Å²) >= 11 is 0. The van der Waals surface area contributed by atoms with E-state index in [0.29, 0.717) is 26.1 Å². The summed E-state index contributed by atoms with van der Waals surface area (Å²) in [6.45, 7) is 10.9. The number of rotatable bonds is 6. The van der Waals surface area contributed by atoms with Crippen molar-refractivity contribution in [1.29, 1.82) is 0 Å². The Bertz CT molecular complexity index is 881. The Morgan fingerprint density at radius 2 is 1.76 bits per heavy atom. The van der Waals surface area contributed by atoms with E-state index in [-0.39, 0.29) is 30.4 Å². The summed E-state index contributed by atoms with van der Waals surface area (Å²) < 4.78 is 6.75. The molecule has 4 rings (SSSR count). The maximum atomic E-state index is 14.1. The monoisotopic (exact) mass is 459 g/mol. The molecule has 1 spiro atoms. The van der Waals surface area contributed by atoms with Gasteiger partial charge in [-0.05, 0) is 33.6 Å². The van der Waals surface area contributed by atoms with Crippen molar-refractivity contribution in [2.45, 2.75) is 76.8 Å². The highest BCUT2D eigenvalue weighted by Gasteiger charge is 2.75. The van der Waals surface area contributed by atoms with Gasteiger partial charge in [0, 0.05) is 25.7 Å². The number of aliphatic hydroxyl groups is 1. The first kappa shape index (κ1) is 24.0. The van der Waals surface area contributed by atoms with Gasteiger partial charge in [0.05, 0.1) is 30.1 Å². The third-order valence-corrected chi connectivity index (χ3v) is 7.80. The molecule has 2 saturated heterocycles. The Morgan fingerprint density at radius 1 is 1.06 bits per heavy atom. The van der Waals surface area contributed by atoms with Crippen LogP contribution in [-0.4, -0.2) is 93.1 Å². The SMILES string of the molecule is CCCN1CC=C[C@]2(C)O[C@]34C=CCN(C(C)C)C(=O)C3N([C@@H](CC)CO)C(=O)[C@@H]4[C@@H]2C1=O. The van der Waals surface area contributed by atoms with Crippen LogP contribution in [0.25, 0.3) is 0 Å². The van der Waals surface area contributed by atoms with Gasteiger partial charge in [0.25, 0.3) is 0 Å². The van der Waals surface area contributed by atoms with Crippen LogP contribution in [0.4, 0.5) is 0 Å². The lowest BCUT2D eigenvalue weighted by molar-refractivity contribution is -0.156. The van der Waals surface area contributed by atoms with Gasteiger partial charge in [-0.25, -0.2) is 0 Å². The maximum absolute atomic E-state index is 14.1. The van der Waals surface area contributed by atoms with E-state index >= 15 is 0 Å². The Labute approximate surface area is 196 Å². The number of fused-ring (bicyclic) bond motifs is 2. The number of carbonyl (C=O) groups excluding carboxylic acids is 3. The van der Waals surface area contributed by atoms with Crippen molar-refractivity contribution in [3.63, 3.8) is 0 Å². The van der Waals surface area contributed by atoms with Gasteiger partial charge in [0.2, 0.25) is 17.7 Å². The highest BCUT2D eigenvalue weighted by Crippen LogP contribution is 2.58. The lowest BCUT2D eigenvalue weighted by Crippen LogP contribution is -2.59. The van der Waals surface area contributed by atoms with Gasteiger partial charge >= 0.3 is 0 Å². The summed E-state index contributed by atoms with van der Waals surface area (Å²) in [5.74, 6) is -2.14. The van der Waals surface area contributed by atoms with E-state index in [0.717, 1.165) is 6.42 Å². The van der Waals surface area contributed by atoms with E-state index in [1.165, 1.54) is 4.90 Å². The van der Waals surface area contributed by atoms with E-state index in [9.17, 15) is 19.5 Å². The highest BCUT2D eigenvalue weighted by molar-refractivity contribution is 6.00. The van der Waals surface area contributed by atoms with Gasteiger partial charge in [0.15, 0.2) is 0 Å². The van der Waals surface area contributed by atoms with Crippen LogP contribution in [0.15, 0.2) is 24.3 Å². The molecule has 4 aliphatic heterocycles. The Kier molecular flexibility index (Phi) is 6.20. The first-order valence-corrected chi connectivity index (χ1v) is 12.2. The largest absolute Gasteiger partial charge is 0.394 e. The quantitative estimate of drug-likeness (QED) is 0.606. The van der Waals surface area contributed by atoms with Crippen LogP contribution in [0.1, 0.15) is 47.5 Å². The van der Waals surface area contributed by atoms with Crippen molar-refractivity contribution < 1.29 is 24.2 Å². The molecule has 33 heavy (non-hydrogen) atoms. The molecule has 8 nitrogen and oxygen atoms in total. The first-order valence-electron chi connectivity index (χ1n) is 12.2. The van der Waals surface area contributed by atoms with Crippen molar-refractivity contribution in [2.75, 3.05) is 26.2 Å². The summed E-state index contributed by atoms with van der Waals surface area (Å²) in [5, 5.41) is 10.1. The van der Waals surface area contributed by atoms with Gasteiger partial charge in [0.1, 0.15) is 11.6 Å². The number of aliphatic hydroxyl groups excluding tert-OH is 1. The molecule has 8 heteroatoms. The smallest absolute Gasteiger partial charge is 0.249 e. The average molecular weight is 460 g/mol. The predicted molar refractivity (Wildman–Crippen MR) is 123 cm³/mol. The van der Waals surface area contributed by atoms with Gasteiger partial charge in [-0.3, -0.25) is 14.4 Å². The van der Waals surface area contributed by atoms with Crippen molar-refractivity contribution in [3.8, 4) is 0 Å². The zero-order valence-corrected chi connectivity index (χ0v) is 20.4. The fourth-order valence-electron chi connectivity index (χ4n) is 6.27.